The number of fused-ring (bicyclic) bond motifs is 6. The monoisotopic (exact) mass is 494 g/mol. The van der Waals surface area contributed by atoms with E-state index >= 15 is 0 Å². The van der Waals surface area contributed by atoms with Gasteiger partial charge in [-0.3, -0.25) is 0 Å². The lowest BCUT2D eigenvalue weighted by atomic mass is 9.97. The van der Waals surface area contributed by atoms with E-state index < -0.39 is 0 Å². The third-order valence-electron chi connectivity index (χ3n) is 5.60. The van der Waals surface area contributed by atoms with E-state index in [0.29, 0.717) is 0 Å². The quantitative estimate of drug-likeness (QED) is 0.119. The largest absolute Gasteiger partial charge is 0.455 e. The molecule has 5 aromatic carbocycles. The van der Waals surface area contributed by atoms with Crippen LogP contribution in [0, 0.1) is 15.4 Å². The first kappa shape index (κ1) is 17.6. The number of hydrogen-bond donors (Lipinski definition) is 0. The second-order valence-electron chi connectivity index (χ2n) is 7.31. The lowest BCUT2D eigenvalue weighted by Crippen LogP contribution is -1.89. The van der Waals surface area contributed by atoms with Crippen LogP contribution < -0.4 is 0 Å². The lowest BCUT2D eigenvalue weighted by molar-refractivity contribution is 0.668. The summed E-state index contributed by atoms with van der Waals surface area (Å²) in [5.41, 5.74) is 3.73. The van der Waals surface area contributed by atoms with Crippen molar-refractivity contribution < 1.29 is 4.42 Å². The molecule has 0 saturated heterocycles. The molecule has 0 aliphatic carbocycles. The van der Waals surface area contributed by atoms with Crippen molar-refractivity contribution in [1.29, 1.82) is 0 Å². The predicted molar refractivity (Wildman–Crippen MR) is 134 cm³/mol. The summed E-state index contributed by atoms with van der Waals surface area (Å²) in [6.45, 7) is 0. The van der Waals surface area contributed by atoms with Crippen LogP contribution in [-0.2, 0) is 0 Å². The molecule has 0 radical (unpaired) electrons. The highest BCUT2D eigenvalue weighted by Gasteiger charge is 2.12. The molecule has 6 aromatic rings. The van der Waals surface area contributed by atoms with Gasteiger partial charge >= 0.3 is 0 Å². The van der Waals surface area contributed by atoms with E-state index in [2.05, 4.69) is 101 Å². The first-order valence-electron chi connectivity index (χ1n) is 9.82. The van der Waals surface area contributed by atoms with Gasteiger partial charge in [0.15, 0.2) is 5.58 Å². The molecule has 2 heteroatoms. The maximum atomic E-state index is 6.16. The molecular weight excluding hydrogens is 479 g/mol. The number of halogens is 1. The van der Waals surface area contributed by atoms with Crippen molar-refractivity contribution in [2.75, 3.05) is 0 Å². The van der Waals surface area contributed by atoms with Gasteiger partial charge in [0.05, 0.1) is 5.56 Å². The fraction of sp³-hybridized carbons (Fsp3) is 0. The van der Waals surface area contributed by atoms with E-state index in [-0.39, 0.29) is 0 Å². The Balaban J connectivity index is 1.64. The molecule has 1 heterocycles. The molecule has 0 amide bonds. The summed E-state index contributed by atoms with van der Waals surface area (Å²) in [6, 6.07) is 31.4. The molecule has 0 aliphatic rings. The zero-order valence-electron chi connectivity index (χ0n) is 15.9. The number of furan rings is 1. The SMILES string of the molecule is Ic1c(C#Cc2cccc3c2oc2ccccc23)c2ccccc2c2ccccc12. The molecule has 0 aliphatic heterocycles. The summed E-state index contributed by atoms with van der Waals surface area (Å²) in [5, 5.41) is 7.16. The number of hydrogen-bond acceptors (Lipinski definition) is 1. The smallest absolute Gasteiger partial charge is 0.151 e. The first-order chi connectivity index (χ1) is 14.8. The number of benzene rings is 5. The summed E-state index contributed by atoms with van der Waals surface area (Å²) in [5.74, 6) is 6.90. The van der Waals surface area contributed by atoms with E-state index in [9.17, 15) is 0 Å². The van der Waals surface area contributed by atoms with E-state index in [1.165, 1.54) is 25.1 Å². The van der Waals surface area contributed by atoms with Gasteiger partial charge in [-0.15, -0.1) is 0 Å². The maximum Gasteiger partial charge on any atom is 0.151 e. The number of rotatable bonds is 0. The van der Waals surface area contributed by atoms with Gasteiger partial charge in [-0.05, 0) is 56.3 Å². The molecule has 1 aromatic heterocycles. The first-order valence-corrected chi connectivity index (χ1v) is 10.9. The van der Waals surface area contributed by atoms with Crippen LogP contribution in [0.5, 0.6) is 0 Å². The van der Waals surface area contributed by atoms with Gasteiger partial charge in [-0.25, -0.2) is 0 Å². The molecular formula is C28H15IO. The Morgan fingerprint density at radius 1 is 0.533 bits per heavy atom. The fourth-order valence-corrected chi connectivity index (χ4v) is 5.09. The molecule has 0 unspecified atom stereocenters. The Hall–Kier alpha value is -3.29. The average Bonchev–Trinajstić information content (AvgIpc) is 3.19. The summed E-state index contributed by atoms with van der Waals surface area (Å²) in [6.07, 6.45) is 0. The molecule has 0 bridgehead atoms. The summed E-state index contributed by atoms with van der Waals surface area (Å²) in [4.78, 5) is 0. The minimum absolute atomic E-state index is 0.853. The van der Waals surface area contributed by atoms with Gasteiger partial charge in [0.2, 0.25) is 0 Å². The topological polar surface area (TPSA) is 13.1 Å². The highest BCUT2D eigenvalue weighted by Crippen LogP contribution is 2.34. The van der Waals surface area contributed by atoms with Crippen molar-refractivity contribution in [2.45, 2.75) is 0 Å². The third kappa shape index (κ3) is 2.63. The Labute approximate surface area is 187 Å². The Morgan fingerprint density at radius 3 is 1.93 bits per heavy atom. The zero-order valence-corrected chi connectivity index (χ0v) is 18.1. The minimum Gasteiger partial charge on any atom is -0.455 e. The van der Waals surface area contributed by atoms with Crippen LogP contribution in [0.4, 0.5) is 0 Å². The molecule has 0 saturated carbocycles. The van der Waals surface area contributed by atoms with Gasteiger partial charge in [0, 0.05) is 19.9 Å². The van der Waals surface area contributed by atoms with Gasteiger partial charge in [0.25, 0.3) is 0 Å². The molecule has 140 valence electrons. The van der Waals surface area contributed by atoms with Crippen molar-refractivity contribution in [3.8, 4) is 11.8 Å². The average molecular weight is 494 g/mol. The van der Waals surface area contributed by atoms with E-state index in [1.54, 1.807) is 0 Å². The molecule has 0 atom stereocenters. The number of para-hydroxylation sites is 2. The van der Waals surface area contributed by atoms with Crippen molar-refractivity contribution in [1.82, 2.24) is 0 Å². The van der Waals surface area contributed by atoms with Crippen LogP contribution in [0.15, 0.2) is 95.4 Å². The summed E-state index contributed by atoms with van der Waals surface area (Å²) >= 11 is 2.43. The molecule has 0 fully saturated rings. The van der Waals surface area contributed by atoms with Gasteiger partial charge in [-0.1, -0.05) is 90.7 Å². The van der Waals surface area contributed by atoms with Crippen LogP contribution in [0.1, 0.15) is 11.1 Å². The van der Waals surface area contributed by atoms with Crippen LogP contribution >= 0.6 is 22.6 Å². The standard InChI is InChI=1S/C28H15IO/c29-27-23-13-4-3-10-20(23)19-9-1-2-11-21(19)24(27)17-16-18-8-7-14-25-22-12-5-6-15-26(22)30-28(18)25/h1-15H. The van der Waals surface area contributed by atoms with Crippen LogP contribution in [-0.4, -0.2) is 0 Å². The Kier molecular flexibility index (Phi) is 4.04. The fourth-order valence-electron chi connectivity index (χ4n) is 4.20. The van der Waals surface area contributed by atoms with Gasteiger partial charge < -0.3 is 4.42 Å². The minimum atomic E-state index is 0.853. The maximum absolute atomic E-state index is 6.16. The second kappa shape index (κ2) is 6.90. The van der Waals surface area contributed by atoms with Gasteiger partial charge in [-0.2, -0.15) is 0 Å². The van der Waals surface area contributed by atoms with Gasteiger partial charge in [0.1, 0.15) is 5.58 Å². The van der Waals surface area contributed by atoms with Crippen LogP contribution in [0.25, 0.3) is 43.5 Å². The van der Waals surface area contributed by atoms with E-state index in [1.807, 2.05) is 24.3 Å². The lowest BCUT2D eigenvalue weighted by Gasteiger charge is -2.09. The van der Waals surface area contributed by atoms with Crippen molar-refractivity contribution in [3.05, 3.63) is 106 Å². The molecule has 6 rings (SSSR count). The van der Waals surface area contributed by atoms with Crippen LogP contribution in [0.3, 0.4) is 0 Å². The van der Waals surface area contributed by atoms with E-state index in [4.69, 9.17) is 4.42 Å². The predicted octanol–water partition coefficient (Wildman–Crippen LogP) is 7.90. The second-order valence-corrected chi connectivity index (χ2v) is 8.39. The molecule has 1 nitrogen and oxygen atoms in total. The zero-order chi connectivity index (χ0) is 20.1. The highest BCUT2D eigenvalue weighted by molar-refractivity contribution is 14.1. The highest BCUT2D eigenvalue weighted by atomic mass is 127. The normalized spacial score (nSPS) is 11.2. The van der Waals surface area contributed by atoms with E-state index in [0.717, 1.165) is 33.1 Å². The van der Waals surface area contributed by atoms with Crippen molar-refractivity contribution >= 4 is 66.1 Å². The Bertz CT molecular complexity index is 1660. The summed E-state index contributed by atoms with van der Waals surface area (Å²) < 4.78 is 7.34. The Morgan fingerprint density at radius 2 is 1.13 bits per heavy atom. The van der Waals surface area contributed by atoms with Crippen molar-refractivity contribution in [3.63, 3.8) is 0 Å². The molecule has 0 spiro atoms. The summed E-state index contributed by atoms with van der Waals surface area (Å²) in [7, 11) is 0. The third-order valence-corrected chi connectivity index (χ3v) is 6.72. The van der Waals surface area contributed by atoms with Crippen molar-refractivity contribution in [2.24, 2.45) is 0 Å². The molecule has 30 heavy (non-hydrogen) atoms. The molecule has 0 N–H and O–H groups in total. The van der Waals surface area contributed by atoms with Crippen LogP contribution in [0.2, 0.25) is 0 Å².